The second kappa shape index (κ2) is 5.69. The van der Waals surface area contributed by atoms with Gasteiger partial charge in [0.05, 0.1) is 14.4 Å². The van der Waals surface area contributed by atoms with Crippen LogP contribution >= 0.6 is 54.8 Å². The average molecular weight is 413 g/mol. The van der Waals surface area contributed by atoms with E-state index in [1.54, 1.807) is 6.07 Å². The van der Waals surface area contributed by atoms with E-state index in [1.165, 1.54) is 29.5 Å². The molecule has 2 aromatic rings. The standard InChI is InChI=1S/C11H5Br2ClFNOS/c12-6-4-9(18-10(6)13)11(17)16-8-3-5(14)1-2-7(8)15/h1-4H,(H,16,17). The number of rotatable bonds is 2. The van der Waals surface area contributed by atoms with Crippen molar-refractivity contribution in [3.05, 3.63) is 48.2 Å². The number of hydrogen-bond acceptors (Lipinski definition) is 2. The molecule has 1 amide bonds. The molecule has 2 nitrogen and oxygen atoms in total. The number of hydrogen-bond donors (Lipinski definition) is 1. The van der Waals surface area contributed by atoms with Crippen LogP contribution in [0.3, 0.4) is 0 Å². The first-order chi connectivity index (χ1) is 8.47. The van der Waals surface area contributed by atoms with Gasteiger partial charge in [0, 0.05) is 9.50 Å². The van der Waals surface area contributed by atoms with Crippen LogP contribution in [0.25, 0.3) is 0 Å². The maximum atomic E-state index is 13.4. The lowest BCUT2D eigenvalue weighted by atomic mass is 10.3. The number of carbonyl (C=O) groups is 1. The molecule has 0 spiro atoms. The van der Waals surface area contributed by atoms with Gasteiger partial charge in [-0.05, 0) is 56.1 Å². The molecule has 0 unspecified atom stereocenters. The van der Waals surface area contributed by atoms with Gasteiger partial charge in [0.15, 0.2) is 0 Å². The van der Waals surface area contributed by atoms with Crippen LogP contribution in [0.15, 0.2) is 32.5 Å². The molecule has 7 heteroatoms. The molecule has 0 saturated heterocycles. The van der Waals surface area contributed by atoms with Gasteiger partial charge in [0.2, 0.25) is 0 Å². The first-order valence-corrected chi connectivity index (χ1v) is 7.46. The summed E-state index contributed by atoms with van der Waals surface area (Å²) in [7, 11) is 0. The third-order valence-electron chi connectivity index (χ3n) is 2.05. The van der Waals surface area contributed by atoms with Crippen molar-refractivity contribution in [2.24, 2.45) is 0 Å². The van der Waals surface area contributed by atoms with Gasteiger partial charge in [-0.15, -0.1) is 11.3 Å². The second-order valence-corrected chi connectivity index (χ2v) is 6.97. The Morgan fingerprint density at radius 2 is 2.06 bits per heavy atom. The van der Waals surface area contributed by atoms with E-state index in [-0.39, 0.29) is 11.6 Å². The van der Waals surface area contributed by atoms with E-state index >= 15 is 0 Å². The summed E-state index contributed by atoms with van der Waals surface area (Å²) >= 11 is 13.6. The molecule has 2 rings (SSSR count). The van der Waals surface area contributed by atoms with E-state index in [4.69, 9.17) is 11.6 Å². The van der Waals surface area contributed by atoms with Gasteiger partial charge >= 0.3 is 0 Å². The van der Waals surface area contributed by atoms with Crippen LogP contribution < -0.4 is 5.32 Å². The average Bonchev–Trinajstić information content (AvgIpc) is 2.64. The van der Waals surface area contributed by atoms with Crippen molar-refractivity contribution in [1.82, 2.24) is 0 Å². The molecule has 1 N–H and O–H groups in total. The van der Waals surface area contributed by atoms with Gasteiger partial charge in [-0.1, -0.05) is 11.6 Å². The third-order valence-corrected chi connectivity index (χ3v) is 5.54. The number of benzene rings is 1. The molecule has 0 bridgehead atoms. The predicted molar refractivity (Wildman–Crippen MR) is 79.1 cm³/mol. The maximum Gasteiger partial charge on any atom is 0.265 e. The summed E-state index contributed by atoms with van der Waals surface area (Å²) in [6, 6.07) is 5.65. The second-order valence-electron chi connectivity index (χ2n) is 3.31. The molecule has 18 heavy (non-hydrogen) atoms. The summed E-state index contributed by atoms with van der Waals surface area (Å²) in [6.07, 6.45) is 0. The first kappa shape index (κ1) is 14.0. The molecule has 94 valence electrons. The van der Waals surface area contributed by atoms with E-state index in [0.29, 0.717) is 9.90 Å². The van der Waals surface area contributed by atoms with Crippen molar-refractivity contribution in [3.8, 4) is 0 Å². The summed E-state index contributed by atoms with van der Waals surface area (Å²) in [5.41, 5.74) is 0.0631. The topological polar surface area (TPSA) is 29.1 Å². The molecular formula is C11H5Br2ClFNOS. The Bertz CT molecular complexity index is 598. The van der Waals surface area contributed by atoms with Crippen molar-refractivity contribution >= 4 is 66.4 Å². The number of nitrogens with one attached hydrogen (secondary N) is 1. The van der Waals surface area contributed by atoms with E-state index in [1.807, 2.05) is 0 Å². The van der Waals surface area contributed by atoms with E-state index in [9.17, 15) is 9.18 Å². The largest absolute Gasteiger partial charge is 0.319 e. The minimum absolute atomic E-state index is 0.0631. The lowest BCUT2D eigenvalue weighted by molar-refractivity contribution is 0.103. The fourth-order valence-corrected chi connectivity index (χ4v) is 3.34. The monoisotopic (exact) mass is 411 g/mol. The zero-order chi connectivity index (χ0) is 13.3. The summed E-state index contributed by atoms with van der Waals surface area (Å²) in [6.45, 7) is 0. The smallest absolute Gasteiger partial charge is 0.265 e. The maximum absolute atomic E-state index is 13.4. The Hall–Kier alpha value is -0.430. The molecule has 0 fully saturated rings. The zero-order valence-corrected chi connectivity index (χ0v) is 13.4. The van der Waals surface area contributed by atoms with Crippen LogP contribution in [0.5, 0.6) is 0 Å². The minimum Gasteiger partial charge on any atom is -0.319 e. The van der Waals surface area contributed by atoms with Gasteiger partial charge < -0.3 is 5.32 Å². The molecule has 1 heterocycles. The van der Waals surface area contributed by atoms with Crippen molar-refractivity contribution in [1.29, 1.82) is 0 Å². The Morgan fingerprint density at radius 3 is 2.67 bits per heavy atom. The number of halogens is 4. The molecule has 1 aromatic heterocycles. The third kappa shape index (κ3) is 3.12. The van der Waals surface area contributed by atoms with Gasteiger partial charge in [-0.25, -0.2) is 4.39 Å². The van der Waals surface area contributed by atoms with Crippen LogP contribution in [0, 0.1) is 5.82 Å². The van der Waals surface area contributed by atoms with Gasteiger partial charge in [-0.2, -0.15) is 0 Å². The highest BCUT2D eigenvalue weighted by molar-refractivity contribution is 9.13. The van der Waals surface area contributed by atoms with Crippen molar-refractivity contribution < 1.29 is 9.18 Å². The van der Waals surface area contributed by atoms with Crippen LogP contribution in [-0.2, 0) is 0 Å². The van der Waals surface area contributed by atoms with Crippen LogP contribution in [-0.4, -0.2) is 5.91 Å². The highest BCUT2D eigenvalue weighted by Gasteiger charge is 2.14. The van der Waals surface area contributed by atoms with Crippen molar-refractivity contribution in [3.63, 3.8) is 0 Å². The quantitative estimate of drug-likeness (QED) is 0.710. The van der Waals surface area contributed by atoms with Crippen LogP contribution in [0.2, 0.25) is 5.02 Å². The lowest BCUT2D eigenvalue weighted by Crippen LogP contribution is -2.11. The summed E-state index contributed by atoms with van der Waals surface area (Å²) in [5, 5.41) is 2.84. The molecular weight excluding hydrogens is 408 g/mol. The van der Waals surface area contributed by atoms with E-state index in [2.05, 4.69) is 37.2 Å². The molecule has 0 aliphatic carbocycles. The van der Waals surface area contributed by atoms with Crippen molar-refractivity contribution in [2.75, 3.05) is 5.32 Å². The number of carbonyl (C=O) groups excluding carboxylic acids is 1. The van der Waals surface area contributed by atoms with Crippen LogP contribution in [0.4, 0.5) is 10.1 Å². The molecule has 0 atom stereocenters. The summed E-state index contributed by atoms with van der Waals surface area (Å²) in [4.78, 5) is 12.4. The molecule has 0 aliphatic heterocycles. The fraction of sp³-hybridized carbons (Fsp3) is 0. The van der Waals surface area contributed by atoms with Crippen molar-refractivity contribution in [2.45, 2.75) is 0 Å². The van der Waals surface area contributed by atoms with Crippen LogP contribution in [0.1, 0.15) is 9.67 Å². The fourth-order valence-electron chi connectivity index (χ4n) is 1.24. The SMILES string of the molecule is O=C(Nc1cc(Cl)ccc1F)c1cc(Br)c(Br)s1. The molecule has 0 radical (unpaired) electrons. The number of amides is 1. The number of anilines is 1. The first-order valence-electron chi connectivity index (χ1n) is 4.68. The van der Waals surface area contributed by atoms with Gasteiger partial charge in [-0.3, -0.25) is 4.79 Å². The number of thiophene rings is 1. The Kier molecular flexibility index (Phi) is 4.42. The van der Waals surface area contributed by atoms with Gasteiger partial charge in [0.25, 0.3) is 5.91 Å². The minimum atomic E-state index is -0.526. The molecule has 1 aromatic carbocycles. The highest BCUT2D eigenvalue weighted by Crippen LogP contribution is 2.33. The normalized spacial score (nSPS) is 10.4. The summed E-state index contributed by atoms with van der Waals surface area (Å²) < 4.78 is 15.0. The lowest BCUT2D eigenvalue weighted by Gasteiger charge is -2.05. The Morgan fingerprint density at radius 1 is 1.33 bits per heavy atom. The Labute approximate surface area is 128 Å². The zero-order valence-electron chi connectivity index (χ0n) is 8.64. The molecule has 0 aliphatic rings. The predicted octanol–water partition coefficient (Wildman–Crippen LogP) is 5.32. The van der Waals surface area contributed by atoms with E-state index < -0.39 is 5.82 Å². The van der Waals surface area contributed by atoms with E-state index in [0.717, 1.165) is 8.26 Å². The highest BCUT2D eigenvalue weighted by atomic mass is 79.9. The Balaban J connectivity index is 2.23. The summed E-state index contributed by atoms with van der Waals surface area (Å²) in [5.74, 6) is -0.907. The van der Waals surface area contributed by atoms with Gasteiger partial charge in [0.1, 0.15) is 5.82 Å². The molecule has 0 saturated carbocycles.